The molecule has 0 radical (unpaired) electrons. The molecule has 82 valence electrons. The van der Waals surface area contributed by atoms with Gasteiger partial charge in [0.2, 0.25) is 0 Å². The minimum Gasteiger partial charge on any atom is -0.378 e. The highest BCUT2D eigenvalue weighted by Crippen LogP contribution is 2.32. The molecular formula is C12H23NO. The topological polar surface area (TPSA) is 21.3 Å². The van der Waals surface area contributed by atoms with Crippen molar-refractivity contribution in [2.24, 2.45) is 11.8 Å². The minimum absolute atomic E-state index is 0.591. The number of hydrogen-bond donors (Lipinski definition) is 1. The monoisotopic (exact) mass is 197 g/mol. The molecule has 2 rings (SSSR count). The summed E-state index contributed by atoms with van der Waals surface area (Å²) in [6.45, 7) is 5.46. The van der Waals surface area contributed by atoms with E-state index in [0.29, 0.717) is 6.10 Å². The van der Waals surface area contributed by atoms with Gasteiger partial charge in [-0.05, 0) is 64.0 Å². The van der Waals surface area contributed by atoms with E-state index in [9.17, 15) is 0 Å². The molecule has 0 heterocycles. The van der Waals surface area contributed by atoms with Crippen molar-refractivity contribution in [2.75, 3.05) is 19.7 Å². The zero-order valence-corrected chi connectivity index (χ0v) is 9.30. The molecule has 0 bridgehead atoms. The van der Waals surface area contributed by atoms with E-state index in [0.717, 1.165) is 18.4 Å². The van der Waals surface area contributed by atoms with Gasteiger partial charge < -0.3 is 10.1 Å². The lowest BCUT2D eigenvalue weighted by atomic mass is 9.80. The molecule has 0 saturated heterocycles. The first kappa shape index (κ1) is 10.4. The molecule has 2 aliphatic rings. The Hall–Kier alpha value is -0.0800. The largest absolute Gasteiger partial charge is 0.378 e. The van der Waals surface area contributed by atoms with Crippen LogP contribution in [0.15, 0.2) is 0 Å². The molecule has 0 unspecified atom stereocenters. The quantitative estimate of drug-likeness (QED) is 0.632. The van der Waals surface area contributed by atoms with Gasteiger partial charge in [0.05, 0.1) is 6.10 Å². The van der Waals surface area contributed by atoms with Gasteiger partial charge in [-0.15, -0.1) is 0 Å². The summed E-state index contributed by atoms with van der Waals surface area (Å²) in [5, 5.41) is 3.55. The average molecular weight is 197 g/mol. The van der Waals surface area contributed by atoms with Gasteiger partial charge in [-0.3, -0.25) is 0 Å². The van der Waals surface area contributed by atoms with Crippen LogP contribution in [-0.2, 0) is 4.74 Å². The molecule has 1 N–H and O–H groups in total. The van der Waals surface area contributed by atoms with Gasteiger partial charge in [0, 0.05) is 6.61 Å². The van der Waals surface area contributed by atoms with Gasteiger partial charge in [-0.25, -0.2) is 0 Å². The summed E-state index contributed by atoms with van der Waals surface area (Å²) in [6, 6.07) is 0. The molecule has 0 aromatic carbocycles. The van der Waals surface area contributed by atoms with Crippen LogP contribution >= 0.6 is 0 Å². The van der Waals surface area contributed by atoms with E-state index in [4.69, 9.17) is 4.74 Å². The van der Waals surface area contributed by atoms with E-state index in [2.05, 4.69) is 12.2 Å². The lowest BCUT2D eigenvalue weighted by Gasteiger charge is -2.35. The number of hydrogen-bond acceptors (Lipinski definition) is 2. The molecule has 0 aromatic heterocycles. The van der Waals surface area contributed by atoms with Crippen molar-refractivity contribution in [3.8, 4) is 0 Å². The lowest BCUT2D eigenvalue weighted by Crippen LogP contribution is -2.33. The zero-order valence-electron chi connectivity index (χ0n) is 9.30. The molecule has 2 nitrogen and oxygen atoms in total. The van der Waals surface area contributed by atoms with E-state index < -0.39 is 0 Å². The maximum absolute atomic E-state index is 5.54. The lowest BCUT2D eigenvalue weighted by molar-refractivity contribution is -0.0263. The average Bonchev–Trinajstić information content (AvgIpc) is 2.90. The second-order valence-electron chi connectivity index (χ2n) is 4.85. The highest BCUT2D eigenvalue weighted by Gasteiger charge is 2.28. The molecule has 2 fully saturated rings. The Bertz CT molecular complexity index is 162. The van der Waals surface area contributed by atoms with Crippen LogP contribution in [0.4, 0.5) is 0 Å². The summed E-state index contributed by atoms with van der Waals surface area (Å²) in [7, 11) is 0. The first-order valence-electron chi connectivity index (χ1n) is 6.20. The maximum Gasteiger partial charge on any atom is 0.0580 e. The molecule has 0 atom stereocenters. The summed E-state index contributed by atoms with van der Waals surface area (Å²) < 4.78 is 5.54. The van der Waals surface area contributed by atoms with Crippen LogP contribution in [0.3, 0.4) is 0 Å². The molecule has 14 heavy (non-hydrogen) atoms. The van der Waals surface area contributed by atoms with Crippen LogP contribution in [0.5, 0.6) is 0 Å². The Morgan fingerprint density at radius 3 is 2.64 bits per heavy atom. The molecule has 2 aliphatic carbocycles. The van der Waals surface area contributed by atoms with Crippen LogP contribution in [0.2, 0.25) is 0 Å². The first-order valence-corrected chi connectivity index (χ1v) is 6.20. The molecule has 2 saturated carbocycles. The Kier molecular flexibility index (Phi) is 3.82. The Morgan fingerprint density at radius 1 is 1.21 bits per heavy atom. The van der Waals surface area contributed by atoms with Crippen LogP contribution < -0.4 is 5.32 Å². The molecule has 0 aliphatic heterocycles. The SMILES string of the molecule is CCOC1CC(CCNCC2CC2)C1. The molecule has 0 amide bonds. The van der Waals surface area contributed by atoms with Gasteiger partial charge >= 0.3 is 0 Å². The second-order valence-corrected chi connectivity index (χ2v) is 4.85. The number of nitrogens with one attached hydrogen (secondary N) is 1. The zero-order chi connectivity index (χ0) is 9.80. The van der Waals surface area contributed by atoms with Crippen molar-refractivity contribution in [3.63, 3.8) is 0 Å². The fourth-order valence-corrected chi connectivity index (χ4v) is 2.22. The Morgan fingerprint density at radius 2 is 2.00 bits per heavy atom. The third kappa shape index (κ3) is 3.25. The summed E-state index contributed by atoms with van der Waals surface area (Å²) >= 11 is 0. The second kappa shape index (κ2) is 5.13. The van der Waals surface area contributed by atoms with Crippen molar-refractivity contribution in [1.82, 2.24) is 5.32 Å². The van der Waals surface area contributed by atoms with E-state index in [1.54, 1.807) is 0 Å². The summed E-state index contributed by atoms with van der Waals surface area (Å²) in [5.41, 5.74) is 0. The fourth-order valence-electron chi connectivity index (χ4n) is 2.22. The third-order valence-electron chi connectivity index (χ3n) is 3.45. The molecule has 0 aromatic rings. The van der Waals surface area contributed by atoms with Gasteiger partial charge in [0.25, 0.3) is 0 Å². The van der Waals surface area contributed by atoms with Gasteiger partial charge in [0.15, 0.2) is 0 Å². The van der Waals surface area contributed by atoms with Crippen molar-refractivity contribution >= 4 is 0 Å². The van der Waals surface area contributed by atoms with Crippen molar-refractivity contribution in [3.05, 3.63) is 0 Å². The number of rotatable bonds is 7. The van der Waals surface area contributed by atoms with Gasteiger partial charge in [0.1, 0.15) is 0 Å². The van der Waals surface area contributed by atoms with Crippen LogP contribution in [0.25, 0.3) is 0 Å². The molecule has 0 spiro atoms. The first-order chi connectivity index (χ1) is 6.88. The Labute approximate surface area is 87.4 Å². The maximum atomic E-state index is 5.54. The smallest absolute Gasteiger partial charge is 0.0580 e. The Balaban J connectivity index is 1.39. The normalized spacial score (nSPS) is 31.5. The third-order valence-corrected chi connectivity index (χ3v) is 3.45. The summed E-state index contributed by atoms with van der Waals surface area (Å²) in [4.78, 5) is 0. The van der Waals surface area contributed by atoms with E-state index in [1.807, 2.05) is 0 Å². The summed E-state index contributed by atoms with van der Waals surface area (Å²) in [6.07, 6.45) is 7.48. The standard InChI is InChI=1S/C12H23NO/c1-2-14-12-7-11(8-12)5-6-13-9-10-3-4-10/h10-13H,2-9H2,1H3. The van der Waals surface area contributed by atoms with Crippen LogP contribution in [0, 0.1) is 11.8 Å². The summed E-state index contributed by atoms with van der Waals surface area (Å²) in [5.74, 6) is 1.96. The van der Waals surface area contributed by atoms with E-state index in [-0.39, 0.29) is 0 Å². The predicted molar refractivity (Wildman–Crippen MR) is 58.3 cm³/mol. The van der Waals surface area contributed by atoms with Crippen molar-refractivity contribution in [1.29, 1.82) is 0 Å². The highest BCUT2D eigenvalue weighted by molar-refractivity contribution is 4.81. The molecule has 2 heteroatoms. The predicted octanol–water partition coefficient (Wildman–Crippen LogP) is 2.19. The van der Waals surface area contributed by atoms with Crippen LogP contribution in [0.1, 0.15) is 39.0 Å². The van der Waals surface area contributed by atoms with Gasteiger partial charge in [-0.1, -0.05) is 0 Å². The highest BCUT2D eigenvalue weighted by atomic mass is 16.5. The van der Waals surface area contributed by atoms with Crippen molar-refractivity contribution in [2.45, 2.75) is 45.1 Å². The minimum atomic E-state index is 0.591. The fraction of sp³-hybridized carbons (Fsp3) is 1.00. The number of ether oxygens (including phenoxy) is 1. The van der Waals surface area contributed by atoms with E-state index >= 15 is 0 Å². The van der Waals surface area contributed by atoms with Crippen molar-refractivity contribution < 1.29 is 4.74 Å². The van der Waals surface area contributed by atoms with Crippen LogP contribution in [-0.4, -0.2) is 25.8 Å². The van der Waals surface area contributed by atoms with E-state index in [1.165, 1.54) is 45.2 Å². The molecular weight excluding hydrogens is 174 g/mol. The van der Waals surface area contributed by atoms with Gasteiger partial charge in [-0.2, -0.15) is 0 Å².